The van der Waals surface area contributed by atoms with Crippen LogP contribution in [0.2, 0.25) is 0 Å². The Balaban J connectivity index is 1.70. The van der Waals surface area contributed by atoms with E-state index in [2.05, 4.69) is 23.7 Å². The summed E-state index contributed by atoms with van der Waals surface area (Å²) in [5.41, 5.74) is 4.04. The molecule has 26 heavy (non-hydrogen) atoms. The van der Waals surface area contributed by atoms with Gasteiger partial charge in [-0.1, -0.05) is 30.3 Å². The number of hydrogen-bond acceptors (Lipinski definition) is 5. The molecule has 2 aromatic heterocycles. The fourth-order valence-corrected chi connectivity index (χ4v) is 4.79. The Labute approximate surface area is 155 Å². The predicted octanol–water partition coefficient (Wildman–Crippen LogP) is 4.34. The summed E-state index contributed by atoms with van der Waals surface area (Å²) in [6.45, 7) is 2.09. The van der Waals surface area contributed by atoms with Gasteiger partial charge in [-0.15, -0.1) is 16.4 Å². The number of carbonyl (C=O) groups excluding carboxylic acids is 1. The molecular weight excluding hydrogens is 344 g/mol. The van der Waals surface area contributed by atoms with E-state index in [0.717, 1.165) is 35.6 Å². The summed E-state index contributed by atoms with van der Waals surface area (Å²) in [5.74, 6) is 1.62. The van der Waals surface area contributed by atoms with Crippen molar-refractivity contribution in [1.29, 1.82) is 0 Å². The molecule has 1 unspecified atom stereocenters. The molecule has 5 nitrogen and oxygen atoms in total. The summed E-state index contributed by atoms with van der Waals surface area (Å²) in [6.07, 6.45) is 2.38. The van der Waals surface area contributed by atoms with E-state index in [4.69, 9.17) is 10.1 Å². The summed E-state index contributed by atoms with van der Waals surface area (Å²) in [7, 11) is 0. The molecule has 1 aliphatic carbocycles. The minimum absolute atomic E-state index is 0.181. The lowest BCUT2D eigenvalue weighted by Crippen LogP contribution is -2.31. The van der Waals surface area contributed by atoms with E-state index in [1.54, 1.807) is 11.3 Å². The van der Waals surface area contributed by atoms with E-state index in [1.807, 2.05) is 35.0 Å². The Morgan fingerprint density at radius 3 is 2.81 bits per heavy atom. The van der Waals surface area contributed by atoms with Crippen LogP contribution in [0, 0.1) is 6.92 Å². The van der Waals surface area contributed by atoms with Gasteiger partial charge in [-0.2, -0.15) is 4.98 Å². The normalized spacial score (nSPS) is 19.1. The Hall–Kier alpha value is -2.73. The SMILES string of the molecule is Cc1ccsc1C1C2=C(CCCC2=O)Nc2nc(-c3ccccc3)nn21. The van der Waals surface area contributed by atoms with E-state index >= 15 is 0 Å². The van der Waals surface area contributed by atoms with Gasteiger partial charge in [0.05, 0.1) is 0 Å². The average molecular weight is 362 g/mol. The second-order valence-electron chi connectivity index (χ2n) is 6.73. The third kappa shape index (κ3) is 2.33. The van der Waals surface area contributed by atoms with E-state index in [1.165, 1.54) is 10.4 Å². The third-order valence-electron chi connectivity index (χ3n) is 5.05. The highest BCUT2D eigenvalue weighted by molar-refractivity contribution is 7.10. The van der Waals surface area contributed by atoms with Gasteiger partial charge in [0.25, 0.3) is 0 Å². The maximum atomic E-state index is 12.8. The maximum Gasteiger partial charge on any atom is 0.226 e. The lowest BCUT2D eigenvalue weighted by Gasteiger charge is -2.31. The van der Waals surface area contributed by atoms with Gasteiger partial charge < -0.3 is 5.32 Å². The first-order valence-electron chi connectivity index (χ1n) is 8.81. The van der Waals surface area contributed by atoms with Crippen LogP contribution in [0.1, 0.15) is 35.7 Å². The molecule has 0 fully saturated rings. The number of Topliss-reactive ketones (excluding diaryl/α,β-unsaturated/α-hetero) is 1. The lowest BCUT2D eigenvalue weighted by atomic mass is 9.87. The molecule has 130 valence electrons. The molecule has 1 aromatic carbocycles. The number of nitrogens with one attached hydrogen (secondary N) is 1. The summed E-state index contributed by atoms with van der Waals surface area (Å²) in [6, 6.07) is 11.9. The highest BCUT2D eigenvalue weighted by Gasteiger charge is 2.38. The van der Waals surface area contributed by atoms with Crippen LogP contribution in [0.3, 0.4) is 0 Å². The Kier molecular flexibility index (Phi) is 3.53. The number of aromatic nitrogens is 3. The zero-order valence-corrected chi connectivity index (χ0v) is 15.2. The monoisotopic (exact) mass is 362 g/mol. The second kappa shape index (κ2) is 5.92. The van der Waals surface area contributed by atoms with Crippen LogP contribution in [0.5, 0.6) is 0 Å². The van der Waals surface area contributed by atoms with Gasteiger partial charge in [-0.05, 0) is 36.8 Å². The summed E-state index contributed by atoms with van der Waals surface area (Å²) >= 11 is 1.68. The highest BCUT2D eigenvalue weighted by Crippen LogP contribution is 2.43. The highest BCUT2D eigenvalue weighted by atomic mass is 32.1. The molecule has 3 aromatic rings. The number of thiophene rings is 1. The van der Waals surface area contributed by atoms with Crippen LogP contribution in [-0.4, -0.2) is 20.5 Å². The number of hydrogen-bond donors (Lipinski definition) is 1. The van der Waals surface area contributed by atoms with E-state index in [9.17, 15) is 4.79 Å². The number of allylic oxidation sites excluding steroid dienone is 2. The third-order valence-corrected chi connectivity index (χ3v) is 6.12. The quantitative estimate of drug-likeness (QED) is 0.737. The van der Waals surface area contributed by atoms with Crippen molar-refractivity contribution in [1.82, 2.24) is 14.8 Å². The van der Waals surface area contributed by atoms with Crippen LogP contribution in [0.4, 0.5) is 5.95 Å². The molecule has 2 aliphatic rings. The minimum atomic E-state index is -0.181. The summed E-state index contributed by atoms with van der Waals surface area (Å²) in [5, 5.41) is 10.3. The fraction of sp³-hybridized carbons (Fsp3) is 0.250. The second-order valence-corrected chi connectivity index (χ2v) is 7.68. The van der Waals surface area contributed by atoms with Gasteiger partial charge in [0.15, 0.2) is 11.6 Å². The van der Waals surface area contributed by atoms with Crippen LogP contribution in [0.15, 0.2) is 53.0 Å². The molecule has 1 atom stereocenters. The molecule has 0 saturated heterocycles. The van der Waals surface area contributed by atoms with Crippen molar-refractivity contribution in [2.45, 2.75) is 32.2 Å². The van der Waals surface area contributed by atoms with Gasteiger partial charge in [-0.25, -0.2) is 4.68 Å². The van der Waals surface area contributed by atoms with Crippen LogP contribution < -0.4 is 5.32 Å². The Bertz CT molecular complexity index is 1030. The van der Waals surface area contributed by atoms with E-state index < -0.39 is 0 Å². The topological polar surface area (TPSA) is 59.8 Å². The van der Waals surface area contributed by atoms with Gasteiger partial charge >= 0.3 is 0 Å². The van der Waals surface area contributed by atoms with Crippen molar-refractivity contribution in [3.05, 3.63) is 63.5 Å². The Morgan fingerprint density at radius 1 is 1.19 bits per heavy atom. The molecule has 0 amide bonds. The van der Waals surface area contributed by atoms with Crippen LogP contribution in [-0.2, 0) is 4.79 Å². The molecule has 0 bridgehead atoms. The van der Waals surface area contributed by atoms with Crippen molar-refractivity contribution >= 4 is 23.1 Å². The molecular formula is C20H18N4OS. The number of fused-ring (bicyclic) bond motifs is 1. The zero-order chi connectivity index (χ0) is 17.7. The molecule has 5 rings (SSSR count). The van der Waals surface area contributed by atoms with Crippen LogP contribution in [0.25, 0.3) is 11.4 Å². The first-order valence-corrected chi connectivity index (χ1v) is 9.69. The fourth-order valence-electron chi connectivity index (χ4n) is 3.77. The molecule has 0 spiro atoms. The smallest absolute Gasteiger partial charge is 0.226 e. The van der Waals surface area contributed by atoms with Crippen molar-refractivity contribution < 1.29 is 4.79 Å². The molecule has 0 radical (unpaired) electrons. The van der Waals surface area contributed by atoms with E-state index in [-0.39, 0.29) is 11.8 Å². The lowest BCUT2D eigenvalue weighted by molar-refractivity contribution is -0.116. The van der Waals surface area contributed by atoms with Crippen molar-refractivity contribution in [3.63, 3.8) is 0 Å². The summed E-state index contributed by atoms with van der Waals surface area (Å²) < 4.78 is 1.89. The number of aryl methyl sites for hydroxylation is 1. The zero-order valence-electron chi connectivity index (χ0n) is 14.4. The summed E-state index contributed by atoms with van der Waals surface area (Å²) in [4.78, 5) is 18.7. The van der Waals surface area contributed by atoms with Gasteiger partial charge in [0.1, 0.15) is 6.04 Å². The number of rotatable bonds is 2. The van der Waals surface area contributed by atoms with Gasteiger partial charge in [-0.3, -0.25) is 4.79 Å². The number of anilines is 1. The molecule has 0 saturated carbocycles. The van der Waals surface area contributed by atoms with Crippen molar-refractivity contribution in [3.8, 4) is 11.4 Å². The van der Waals surface area contributed by atoms with Crippen molar-refractivity contribution in [2.75, 3.05) is 5.32 Å². The largest absolute Gasteiger partial charge is 0.328 e. The molecule has 6 heteroatoms. The van der Waals surface area contributed by atoms with Gasteiger partial charge in [0, 0.05) is 28.1 Å². The first kappa shape index (κ1) is 15.5. The Morgan fingerprint density at radius 2 is 2.04 bits per heavy atom. The molecule has 1 aliphatic heterocycles. The van der Waals surface area contributed by atoms with Crippen molar-refractivity contribution in [2.24, 2.45) is 0 Å². The number of benzene rings is 1. The number of ketones is 1. The standard InChI is InChI=1S/C20H18N4OS/c1-12-10-11-26-18(12)17-16-14(8-5-9-15(16)25)21-20-22-19(23-24(17)20)13-6-3-2-4-7-13/h2-4,6-7,10-11,17H,5,8-9H2,1H3,(H,21,22,23). The predicted molar refractivity (Wildman–Crippen MR) is 102 cm³/mol. The molecule has 3 heterocycles. The van der Waals surface area contributed by atoms with Crippen LogP contribution >= 0.6 is 11.3 Å². The van der Waals surface area contributed by atoms with E-state index in [0.29, 0.717) is 12.2 Å². The minimum Gasteiger partial charge on any atom is -0.328 e. The average Bonchev–Trinajstić information content (AvgIpc) is 3.27. The maximum absolute atomic E-state index is 12.8. The molecule has 1 N–H and O–H groups in total. The van der Waals surface area contributed by atoms with Gasteiger partial charge in [0.2, 0.25) is 5.95 Å². The first-order chi connectivity index (χ1) is 12.7. The number of nitrogens with zero attached hydrogens (tertiary/aromatic N) is 3. The number of carbonyl (C=O) groups is 1.